The number of nitrogens with one attached hydrogen (secondary N) is 1. The smallest absolute Gasteiger partial charge is 0.420 e. The molecule has 1 N–H and O–H groups in total. The van der Waals surface area contributed by atoms with Crippen LogP contribution in [0.5, 0.6) is 5.75 Å². The number of methoxy groups -OCH3 is 1. The molecule has 2 heterocycles. The van der Waals surface area contributed by atoms with Gasteiger partial charge in [-0.15, -0.1) is 0 Å². The molecule has 5 nitrogen and oxygen atoms in total. The van der Waals surface area contributed by atoms with Crippen LogP contribution in [0.1, 0.15) is 11.1 Å². The Balaban J connectivity index is 1.65. The minimum Gasteiger partial charge on any atom is -0.496 e. The monoisotopic (exact) mass is 413 g/mol. The molecule has 4 rings (SSSR count). The summed E-state index contributed by atoms with van der Waals surface area (Å²) in [5, 5.41) is 2.81. The van der Waals surface area contributed by atoms with Crippen LogP contribution in [-0.2, 0) is 12.6 Å². The highest BCUT2D eigenvalue weighted by molar-refractivity contribution is 6.05. The van der Waals surface area contributed by atoms with Crippen LogP contribution in [0.25, 0.3) is 11.3 Å². The lowest BCUT2D eigenvalue weighted by Crippen LogP contribution is -2.33. The molecule has 8 heteroatoms. The Morgan fingerprint density at radius 1 is 1.13 bits per heavy atom. The Morgan fingerprint density at radius 2 is 1.90 bits per heavy atom. The van der Waals surface area contributed by atoms with Gasteiger partial charge in [0.2, 0.25) is 0 Å². The van der Waals surface area contributed by atoms with Crippen LogP contribution >= 0.6 is 0 Å². The molecular formula is C22H18F3N3O2. The highest BCUT2D eigenvalue weighted by Gasteiger charge is 2.37. The number of hydrogen-bond donors (Lipinski definition) is 1. The summed E-state index contributed by atoms with van der Waals surface area (Å²) >= 11 is 0. The number of aromatic nitrogens is 1. The Bertz CT molecular complexity index is 1080. The number of carbonyl (C=O) groups is 1. The van der Waals surface area contributed by atoms with E-state index >= 15 is 0 Å². The van der Waals surface area contributed by atoms with E-state index in [0.717, 1.165) is 11.6 Å². The lowest BCUT2D eigenvalue weighted by atomic mass is 10.1. The maximum absolute atomic E-state index is 13.4. The van der Waals surface area contributed by atoms with Crippen LogP contribution in [0.2, 0.25) is 0 Å². The Hall–Kier alpha value is -3.55. The fourth-order valence-electron chi connectivity index (χ4n) is 3.54. The largest absolute Gasteiger partial charge is 0.496 e. The van der Waals surface area contributed by atoms with Gasteiger partial charge < -0.3 is 10.1 Å². The summed E-state index contributed by atoms with van der Waals surface area (Å²) in [5.41, 5.74) is 1.89. The molecule has 2 aromatic carbocycles. The van der Waals surface area contributed by atoms with Crippen molar-refractivity contribution < 1.29 is 22.7 Å². The van der Waals surface area contributed by atoms with E-state index in [0.29, 0.717) is 23.4 Å². The second-order valence-electron chi connectivity index (χ2n) is 6.77. The summed E-state index contributed by atoms with van der Waals surface area (Å²) in [6.45, 7) is 0.275. The Labute approximate surface area is 171 Å². The Morgan fingerprint density at radius 3 is 2.60 bits per heavy atom. The zero-order chi connectivity index (χ0) is 21.3. The van der Waals surface area contributed by atoms with E-state index in [1.165, 1.54) is 18.1 Å². The molecule has 2 amide bonds. The van der Waals surface area contributed by atoms with Gasteiger partial charge in [0.1, 0.15) is 5.75 Å². The average Bonchev–Trinajstić information content (AvgIpc) is 3.16. The van der Waals surface area contributed by atoms with Gasteiger partial charge in [-0.1, -0.05) is 24.3 Å². The third kappa shape index (κ3) is 3.68. The summed E-state index contributed by atoms with van der Waals surface area (Å²) in [4.78, 5) is 18.6. The van der Waals surface area contributed by atoms with Crippen LogP contribution in [0.4, 0.5) is 29.3 Å². The first-order valence-electron chi connectivity index (χ1n) is 9.25. The van der Waals surface area contributed by atoms with Crippen molar-refractivity contribution in [2.75, 3.05) is 23.9 Å². The van der Waals surface area contributed by atoms with Crippen molar-refractivity contribution in [3.63, 3.8) is 0 Å². The van der Waals surface area contributed by atoms with Crippen molar-refractivity contribution in [1.29, 1.82) is 0 Å². The van der Waals surface area contributed by atoms with E-state index in [1.54, 1.807) is 24.4 Å². The molecule has 1 aliphatic rings. The average molecular weight is 413 g/mol. The number of ether oxygens (including phenoxy) is 1. The minimum atomic E-state index is -4.59. The molecule has 1 aliphatic heterocycles. The molecule has 0 atom stereocenters. The molecule has 3 aromatic rings. The summed E-state index contributed by atoms with van der Waals surface area (Å²) < 4.78 is 45.1. The van der Waals surface area contributed by atoms with Gasteiger partial charge in [0, 0.05) is 24.0 Å². The zero-order valence-corrected chi connectivity index (χ0v) is 16.0. The molecule has 0 fully saturated rings. The predicted molar refractivity (Wildman–Crippen MR) is 108 cm³/mol. The van der Waals surface area contributed by atoms with Crippen molar-refractivity contribution in [2.24, 2.45) is 0 Å². The van der Waals surface area contributed by atoms with Gasteiger partial charge in [0.15, 0.2) is 0 Å². The third-order valence-electron chi connectivity index (χ3n) is 4.96. The maximum Gasteiger partial charge on any atom is 0.420 e. The van der Waals surface area contributed by atoms with Crippen LogP contribution < -0.4 is 15.0 Å². The van der Waals surface area contributed by atoms with Crippen LogP contribution in [0, 0.1) is 0 Å². The number of pyridine rings is 1. The molecule has 0 radical (unpaired) electrons. The lowest BCUT2D eigenvalue weighted by molar-refractivity contribution is -0.138. The van der Waals surface area contributed by atoms with Gasteiger partial charge in [0.25, 0.3) is 0 Å². The first-order valence-corrected chi connectivity index (χ1v) is 9.25. The summed E-state index contributed by atoms with van der Waals surface area (Å²) in [5.74, 6) is -0.246. The van der Waals surface area contributed by atoms with Crippen LogP contribution in [0.15, 0.2) is 60.8 Å². The van der Waals surface area contributed by atoms with Crippen molar-refractivity contribution >= 4 is 17.4 Å². The SMILES string of the molecule is COc1cc2c(cc1C(F)(F)F)N(C(=O)Nc1ccccc1-c1ccccn1)CC2. The van der Waals surface area contributed by atoms with Crippen molar-refractivity contribution in [1.82, 2.24) is 4.98 Å². The predicted octanol–water partition coefficient (Wildman–Crippen LogP) is 5.37. The van der Waals surface area contributed by atoms with Gasteiger partial charge >= 0.3 is 12.2 Å². The van der Waals surface area contributed by atoms with E-state index < -0.39 is 17.8 Å². The standard InChI is InChI=1S/C22H18F3N3O2/c1-30-20-12-14-9-11-28(19(14)13-16(20)22(23,24)25)21(29)27-18-8-3-2-6-15(18)17-7-4-5-10-26-17/h2-8,10,12-13H,9,11H2,1H3,(H,27,29). The number of rotatable bonds is 3. The summed E-state index contributed by atoms with van der Waals surface area (Å²) in [6, 6.07) is 14.4. The van der Waals surface area contributed by atoms with Gasteiger partial charge in [-0.2, -0.15) is 13.2 Å². The highest BCUT2D eigenvalue weighted by Crippen LogP contribution is 2.42. The molecular weight excluding hydrogens is 395 g/mol. The van der Waals surface area contributed by atoms with Crippen molar-refractivity contribution in [3.8, 4) is 17.0 Å². The summed E-state index contributed by atoms with van der Waals surface area (Å²) in [6.07, 6.45) is -2.49. The van der Waals surface area contributed by atoms with Gasteiger partial charge in [-0.25, -0.2) is 4.79 Å². The quantitative estimate of drug-likeness (QED) is 0.628. The zero-order valence-electron chi connectivity index (χ0n) is 16.0. The van der Waals surface area contributed by atoms with E-state index in [9.17, 15) is 18.0 Å². The summed E-state index contributed by atoms with van der Waals surface area (Å²) in [7, 11) is 1.20. The van der Waals surface area contributed by atoms with Gasteiger partial charge in [-0.3, -0.25) is 9.88 Å². The molecule has 0 saturated carbocycles. The first kappa shape index (κ1) is 19.8. The number of amides is 2. The van der Waals surface area contributed by atoms with Crippen LogP contribution in [0.3, 0.4) is 0 Å². The normalized spacial score (nSPS) is 13.1. The second-order valence-corrected chi connectivity index (χ2v) is 6.77. The van der Waals surface area contributed by atoms with Crippen molar-refractivity contribution in [3.05, 3.63) is 71.9 Å². The number of halogens is 3. The molecule has 0 saturated heterocycles. The van der Waals surface area contributed by atoms with E-state index in [-0.39, 0.29) is 18.0 Å². The van der Waals surface area contributed by atoms with E-state index in [2.05, 4.69) is 10.3 Å². The molecule has 0 unspecified atom stereocenters. The maximum atomic E-state index is 13.4. The fraction of sp³-hybridized carbons (Fsp3) is 0.182. The number of nitrogens with zero attached hydrogens (tertiary/aromatic N) is 2. The third-order valence-corrected chi connectivity index (χ3v) is 4.96. The number of fused-ring (bicyclic) bond motifs is 1. The number of carbonyl (C=O) groups excluding carboxylic acids is 1. The van der Waals surface area contributed by atoms with Crippen LogP contribution in [-0.4, -0.2) is 24.7 Å². The highest BCUT2D eigenvalue weighted by atomic mass is 19.4. The van der Waals surface area contributed by atoms with E-state index in [1.807, 2.05) is 24.3 Å². The number of alkyl halides is 3. The van der Waals surface area contributed by atoms with Gasteiger partial charge in [-0.05, 0) is 42.3 Å². The second kappa shape index (κ2) is 7.70. The number of anilines is 2. The molecule has 30 heavy (non-hydrogen) atoms. The lowest BCUT2D eigenvalue weighted by Gasteiger charge is -2.21. The van der Waals surface area contributed by atoms with Gasteiger partial charge in [0.05, 0.1) is 24.1 Å². The minimum absolute atomic E-state index is 0.232. The topological polar surface area (TPSA) is 54.5 Å². The Kier molecular flexibility index (Phi) is 5.07. The number of benzene rings is 2. The number of hydrogen-bond acceptors (Lipinski definition) is 3. The van der Waals surface area contributed by atoms with Crippen molar-refractivity contribution in [2.45, 2.75) is 12.6 Å². The van der Waals surface area contributed by atoms with E-state index in [4.69, 9.17) is 4.74 Å². The number of urea groups is 1. The molecule has 0 aliphatic carbocycles. The number of para-hydroxylation sites is 1. The first-order chi connectivity index (χ1) is 14.4. The molecule has 1 aromatic heterocycles. The molecule has 154 valence electrons. The molecule has 0 spiro atoms. The fourth-order valence-corrected chi connectivity index (χ4v) is 3.54. The molecule has 0 bridgehead atoms.